The van der Waals surface area contributed by atoms with E-state index in [2.05, 4.69) is 39.8 Å². The maximum Gasteiger partial charge on any atom is 0.173 e. The van der Waals surface area contributed by atoms with E-state index in [1.807, 2.05) is 18.2 Å². The molecule has 1 aliphatic heterocycles. The number of oxime groups is 1. The first-order chi connectivity index (χ1) is 8.47. The zero-order valence-corrected chi connectivity index (χ0v) is 12.2. The molecule has 1 saturated heterocycles. The van der Waals surface area contributed by atoms with E-state index in [4.69, 9.17) is 10.9 Å². The van der Waals surface area contributed by atoms with Crippen LogP contribution in [0, 0.1) is 0 Å². The Kier molecular flexibility index (Phi) is 3.52. The molecule has 0 atom stereocenters. The van der Waals surface area contributed by atoms with Crippen LogP contribution in [0.3, 0.4) is 0 Å². The highest BCUT2D eigenvalue weighted by Gasteiger charge is 2.33. The maximum absolute atomic E-state index is 8.93. The molecular weight excluding hydrogens is 294 g/mol. The molecule has 4 nitrogen and oxygen atoms in total. The van der Waals surface area contributed by atoms with Crippen LogP contribution in [0.1, 0.15) is 32.3 Å². The minimum Gasteiger partial charge on any atom is -0.409 e. The summed E-state index contributed by atoms with van der Waals surface area (Å²) in [6.45, 7) is 5.43. The molecule has 3 N–H and O–H groups in total. The normalized spacial score (nSPS) is 19.3. The SMILES string of the molecule is CC1(C)CCCN1c1cccc(Br)c1/C(N)=N/O. The third kappa shape index (κ3) is 2.19. The van der Waals surface area contributed by atoms with Gasteiger partial charge in [0.05, 0.1) is 5.56 Å². The molecule has 1 aromatic carbocycles. The molecule has 0 radical (unpaired) electrons. The summed E-state index contributed by atoms with van der Waals surface area (Å²) in [7, 11) is 0. The fourth-order valence-corrected chi connectivity index (χ4v) is 3.15. The number of nitrogens with zero attached hydrogens (tertiary/aromatic N) is 2. The first-order valence-electron chi connectivity index (χ1n) is 6.01. The molecule has 1 aromatic rings. The predicted molar refractivity (Wildman–Crippen MR) is 77.3 cm³/mol. The second-order valence-corrected chi connectivity index (χ2v) is 6.04. The van der Waals surface area contributed by atoms with E-state index >= 15 is 0 Å². The van der Waals surface area contributed by atoms with Crippen molar-refractivity contribution in [3.05, 3.63) is 28.2 Å². The lowest BCUT2D eigenvalue weighted by atomic mass is 10.0. The summed E-state index contributed by atoms with van der Waals surface area (Å²) in [5.41, 5.74) is 7.67. The van der Waals surface area contributed by atoms with E-state index < -0.39 is 0 Å². The smallest absolute Gasteiger partial charge is 0.173 e. The molecule has 1 fully saturated rings. The molecule has 0 amide bonds. The van der Waals surface area contributed by atoms with Crippen molar-refractivity contribution in [2.24, 2.45) is 10.9 Å². The van der Waals surface area contributed by atoms with E-state index in [9.17, 15) is 0 Å². The van der Waals surface area contributed by atoms with Gasteiger partial charge in [-0.25, -0.2) is 0 Å². The number of rotatable bonds is 2. The molecule has 5 heteroatoms. The number of nitrogens with two attached hydrogens (primary N) is 1. The fraction of sp³-hybridized carbons (Fsp3) is 0.462. The number of halogens is 1. The summed E-state index contributed by atoms with van der Waals surface area (Å²) in [5.74, 6) is 0.139. The van der Waals surface area contributed by atoms with Gasteiger partial charge in [0.2, 0.25) is 0 Å². The van der Waals surface area contributed by atoms with Crippen LogP contribution in [0.15, 0.2) is 27.8 Å². The average molecular weight is 312 g/mol. The van der Waals surface area contributed by atoms with Gasteiger partial charge in [0.15, 0.2) is 5.84 Å². The Morgan fingerprint density at radius 3 is 2.78 bits per heavy atom. The van der Waals surface area contributed by atoms with Gasteiger partial charge >= 0.3 is 0 Å². The first kappa shape index (κ1) is 13.2. The lowest BCUT2D eigenvalue weighted by Gasteiger charge is -2.35. The Morgan fingerprint density at radius 1 is 1.50 bits per heavy atom. The van der Waals surface area contributed by atoms with Crippen molar-refractivity contribution in [2.45, 2.75) is 32.2 Å². The van der Waals surface area contributed by atoms with Gasteiger partial charge in [-0.2, -0.15) is 0 Å². The molecule has 0 spiro atoms. The third-order valence-electron chi connectivity index (χ3n) is 3.55. The second kappa shape index (κ2) is 4.80. The number of amidine groups is 1. The summed E-state index contributed by atoms with van der Waals surface area (Å²) in [6, 6.07) is 5.90. The zero-order chi connectivity index (χ0) is 13.3. The molecule has 18 heavy (non-hydrogen) atoms. The van der Waals surface area contributed by atoms with Crippen molar-refractivity contribution in [1.82, 2.24) is 0 Å². The van der Waals surface area contributed by atoms with Gasteiger partial charge in [-0.15, -0.1) is 0 Å². The van der Waals surface area contributed by atoms with Crippen LogP contribution < -0.4 is 10.6 Å². The van der Waals surface area contributed by atoms with Gasteiger partial charge in [0.1, 0.15) is 0 Å². The Hall–Kier alpha value is -1.23. The molecular formula is C13H18BrN3O. The number of hydrogen-bond donors (Lipinski definition) is 2. The van der Waals surface area contributed by atoms with Crippen molar-refractivity contribution in [3.63, 3.8) is 0 Å². The summed E-state index contributed by atoms with van der Waals surface area (Å²) in [5, 5.41) is 12.1. The molecule has 0 unspecified atom stereocenters. The van der Waals surface area contributed by atoms with Crippen LogP contribution in [0.25, 0.3) is 0 Å². The minimum atomic E-state index is 0.102. The van der Waals surface area contributed by atoms with Crippen molar-refractivity contribution < 1.29 is 5.21 Å². The van der Waals surface area contributed by atoms with E-state index in [0.29, 0.717) is 0 Å². The summed E-state index contributed by atoms with van der Waals surface area (Å²) < 4.78 is 0.845. The van der Waals surface area contributed by atoms with Gasteiger partial charge in [0.25, 0.3) is 0 Å². The topological polar surface area (TPSA) is 61.8 Å². The highest BCUT2D eigenvalue weighted by Crippen LogP contribution is 2.37. The third-order valence-corrected chi connectivity index (χ3v) is 4.21. The van der Waals surface area contributed by atoms with E-state index in [-0.39, 0.29) is 11.4 Å². The quantitative estimate of drug-likeness (QED) is 0.382. The molecule has 2 rings (SSSR count). The average Bonchev–Trinajstić information content (AvgIpc) is 2.67. The molecule has 0 saturated carbocycles. The Labute approximate surface area is 116 Å². The van der Waals surface area contributed by atoms with Gasteiger partial charge < -0.3 is 15.8 Å². The Balaban J connectivity index is 2.55. The largest absolute Gasteiger partial charge is 0.409 e. The standard InChI is InChI=1S/C13H18BrN3O/c1-13(2)7-4-8-17(13)10-6-3-5-9(14)11(10)12(15)16-18/h3,5-6,18H,4,7-8H2,1-2H3,(H2,15,16). The van der Waals surface area contributed by atoms with Crippen LogP contribution in [0.4, 0.5) is 5.69 Å². The van der Waals surface area contributed by atoms with Gasteiger partial charge in [-0.1, -0.05) is 11.2 Å². The molecule has 98 valence electrons. The summed E-state index contributed by atoms with van der Waals surface area (Å²) in [6.07, 6.45) is 2.31. The zero-order valence-electron chi connectivity index (χ0n) is 10.7. The summed E-state index contributed by atoms with van der Waals surface area (Å²) >= 11 is 3.47. The lowest BCUT2D eigenvalue weighted by molar-refractivity contribution is 0.318. The molecule has 0 aliphatic carbocycles. The monoisotopic (exact) mass is 311 g/mol. The van der Waals surface area contributed by atoms with Crippen LogP contribution in [-0.4, -0.2) is 23.1 Å². The Morgan fingerprint density at radius 2 is 2.22 bits per heavy atom. The van der Waals surface area contributed by atoms with Crippen molar-refractivity contribution in [2.75, 3.05) is 11.4 Å². The second-order valence-electron chi connectivity index (χ2n) is 5.19. The van der Waals surface area contributed by atoms with E-state index in [1.165, 1.54) is 0 Å². The van der Waals surface area contributed by atoms with Crippen molar-refractivity contribution >= 4 is 27.5 Å². The number of anilines is 1. The van der Waals surface area contributed by atoms with E-state index in [0.717, 1.165) is 35.1 Å². The summed E-state index contributed by atoms with van der Waals surface area (Å²) in [4.78, 5) is 2.32. The number of hydrogen-bond acceptors (Lipinski definition) is 3. The molecule has 0 aromatic heterocycles. The van der Waals surface area contributed by atoms with Gasteiger partial charge in [0, 0.05) is 22.2 Å². The van der Waals surface area contributed by atoms with Crippen LogP contribution in [0.5, 0.6) is 0 Å². The predicted octanol–water partition coefficient (Wildman–Crippen LogP) is 2.92. The minimum absolute atomic E-state index is 0.102. The molecule has 1 heterocycles. The van der Waals surface area contributed by atoms with Crippen molar-refractivity contribution in [1.29, 1.82) is 0 Å². The highest BCUT2D eigenvalue weighted by molar-refractivity contribution is 9.10. The first-order valence-corrected chi connectivity index (χ1v) is 6.81. The number of benzene rings is 1. The Bertz CT molecular complexity index is 485. The highest BCUT2D eigenvalue weighted by atomic mass is 79.9. The molecule has 1 aliphatic rings. The van der Waals surface area contributed by atoms with Crippen LogP contribution in [0.2, 0.25) is 0 Å². The maximum atomic E-state index is 8.93. The molecule has 0 bridgehead atoms. The fourth-order valence-electron chi connectivity index (χ4n) is 2.60. The van der Waals surface area contributed by atoms with Gasteiger partial charge in [-0.3, -0.25) is 0 Å². The van der Waals surface area contributed by atoms with Crippen molar-refractivity contribution in [3.8, 4) is 0 Å². The van der Waals surface area contributed by atoms with Crippen LogP contribution in [-0.2, 0) is 0 Å². The van der Waals surface area contributed by atoms with Crippen LogP contribution >= 0.6 is 15.9 Å². The van der Waals surface area contributed by atoms with E-state index in [1.54, 1.807) is 0 Å². The van der Waals surface area contributed by atoms with Gasteiger partial charge in [-0.05, 0) is 54.8 Å². The lowest BCUT2D eigenvalue weighted by Crippen LogP contribution is -2.39.